The minimum atomic E-state index is -1.09. The van der Waals surface area contributed by atoms with E-state index in [2.05, 4.69) is 39.6 Å². The molecule has 2 aliphatic carbocycles. The number of anilines is 1. The first kappa shape index (κ1) is 25.1. The molecule has 0 spiro atoms. The number of carbonyl (C=O) groups is 2. The van der Waals surface area contributed by atoms with Crippen LogP contribution in [0.1, 0.15) is 75.2 Å². The Morgan fingerprint density at radius 3 is 2.36 bits per heavy atom. The van der Waals surface area contributed by atoms with Crippen LogP contribution in [0.3, 0.4) is 0 Å². The number of aromatic amines is 1. The zero-order valence-electron chi connectivity index (χ0n) is 22.0. The number of nitrogens with zero attached hydrogens (tertiary/aromatic N) is 2. The number of benzene rings is 1. The summed E-state index contributed by atoms with van der Waals surface area (Å²) >= 11 is 0. The third kappa shape index (κ3) is 4.20. The Labute approximate surface area is 214 Å². The second-order valence-electron chi connectivity index (χ2n) is 12.1. The van der Waals surface area contributed by atoms with Gasteiger partial charge in [-0.05, 0) is 70.3 Å². The fraction of sp³-hybridized carbons (Fsp3) is 0.593. The van der Waals surface area contributed by atoms with Crippen LogP contribution in [-0.2, 0) is 16.9 Å². The van der Waals surface area contributed by atoms with Gasteiger partial charge in [0.1, 0.15) is 0 Å². The lowest BCUT2D eigenvalue weighted by Crippen LogP contribution is -2.51. The molecular weight excluding hydrogens is 474 g/mol. The number of carbonyl (C=O) groups excluding carboxylic acids is 2. The number of urea groups is 1. The Bertz CT molecular complexity index is 1160. The molecule has 0 unspecified atom stereocenters. The second kappa shape index (κ2) is 8.52. The molecule has 196 valence electrons. The molecule has 2 fully saturated rings. The van der Waals surface area contributed by atoms with Crippen molar-refractivity contribution in [1.82, 2.24) is 20.4 Å². The monoisotopic (exact) mass is 513 g/mol. The summed E-state index contributed by atoms with van der Waals surface area (Å²) in [6.45, 7) is 4.32. The lowest BCUT2D eigenvalue weighted by atomic mass is 9.83. The van der Waals surface area contributed by atoms with E-state index in [0.29, 0.717) is 18.8 Å². The highest BCUT2D eigenvalue weighted by atomic mass is 32.3. The zero-order chi connectivity index (χ0) is 25.9. The Balaban J connectivity index is 1.34. The summed E-state index contributed by atoms with van der Waals surface area (Å²) in [6.07, 6.45) is 11.5. The Kier molecular flexibility index (Phi) is 5.95. The van der Waals surface area contributed by atoms with Gasteiger partial charge in [0.15, 0.2) is 5.82 Å². The topological polar surface area (TPSA) is 110 Å². The van der Waals surface area contributed by atoms with Gasteiger partial charge in [-0.25, -0.2) is 14.8 Å². The molecule has 8 nitrogen and oxygen atoms in total. The number of hydrogen-bond acceptors (Lipinski definition) is 4. The van der Waals surface area contributed by atoms with Gasteiger partial charge in [-0.3, -0.25) is 9.89 Å². The molecule has 1 atom stereocenters. The van der Waals surface area contributed by atoms with Crippen LogP contribution in [0.2, 0.25) is 0 Å². The highest BCUT2D eigenvalue weighted by molar-refractivity contribution is 8.33. The lowest BCUT2D eigenvalue weighted by molar-refractivity contribution is -0.120. The van der Waals surface area contributed by atoms with Crippen molar-refractivity contribution in [2.24, 2.45) is 0 Å². The molecule has 0 bridgehead atoms. The summed E-state index contributed by atoms with van der Waals surface area (Å²) in [5, 5.41) is 24.5. The molecule has 5 rings (SSSR count). The summed E-state index contributed by atoms with van der Waals surface area (Å²) in [4.78, 5) is 28.8. The van der Waals surface area contributed by atoms with Crippen molar-refractivity contribution < 1.29 is 14.7 Å². The zero-order valence-corrected chi connectivity index (χ0v) is 22.8. The first-order chi connectivity index (χ1) is 16.9. The van der Waals surface area contributed by atoms with E-state index in [0.717, 1.165) is 48.9 Å². The molecule has 9 heteroatoms. The van der Waals surface area contributed by atoms with E-state index in [1.807, 2.05) is 44.2 Å². The molecule has 3 amide bonds. The Hall–Kier alpha value is -2.52. The van der Waals surface area contributed by atoms with Crippen LogP contribution in [0.15, 0.2) is 30.3 Å². The van der Waals surface area contributed by atoms with Gasteiger partial charge >= 0.3 is 6.03 Å². The van der Waals surface area contributed by atoms with E-state index < -0.39 is 21.2 Å². The molecule has 0 radical (unpaired) electrons. The molecule has 1 aromatic heterocycles. The SMILES string of the molecule is CC1(C)c2[nH]nc(NC(=O)C3(S(C)(C)C)CCC3)c2CN1C(=O)N[C@H](CC1(O)CC1)c1ccccc1. The normalized spacial score (nSPS) is 22.2. The highest BCUT2D eigenvalue weighted by Crippen LogP contribution is 2.60. The largest absolute Gasteiger partial charge is 0.390 e. The van der Waals surface area contributed by atoms with Gasteiger partial charge in [-0.1, -0.05) is 30.3 Å². The van der Waals surface area contributed by atoms with E-state index in [9.17, 15) is 14.7 Å². The standard InChI is InChI=1S/C27H39N5O3S/c1-25(2)21-19(22(31-30-21)29-23(33)27(12-9-13-27)36(3,4)5)17-32(25)24(34)28-20(16-26(35)14-15-26)18-10-7-6-8-11-18/h6-8,10-11,20,35H,9,12-17H2,1-5H3,(H,28,34)(H2,29,30,31,33)/t20-/m1/s1. The molecular formula is C27H39N5O3S. The summed E-state index contributed by atoms with van der Waals surface area (Å²) in [5.41, 5.74) is 1.35. The number of rotatable bonds is 7. The van der Waals surface area contributed by atoms with Crippen LogP contribution in [-0.4, -0.2) is 61.3 Å². The predicted molar refractivity (Wildman–Crippen MR) is 144 cm³/mol. The summed E-state index contributed by atoms with van der Waals surface area (Å²) in [5.74, 6) is 0.577. The Morgan fingerprint density at radius 2 is 1.81 bits per heavy atom. The van der Waals surface area contributed by atoms with Gasteiger partial charge in [0.25, 0.3) is 0 Å². The van der Waals surface area contributed by atoms with E-state index in [1.54, 1.807) is 4.90 Å². The summed E-state index contributed by atoms with van der Waals surface area (Å²) < 4.78 is -0.310. The second-order valence-corrected chi connectivity index (χ2v) is 16.5. The summed E-state index contributed by atoms with van der Waals surface area (Å²) in [6, 6.07) is 9.33. The molecule has 1 aromatic carbocycles. The fourth-order valence-electron chi connectivity index (χ4n) is 5.67. The number of H-pyrrole nitrogens is 1. The molecule has 0 saturated heterocycles. The fourth-order valence-corrected chi connectivity index (χ4v) is 7.80. The van der Waals surface area contributed by atoms with Crippen molar-refractivity contribution in [3.63, 3.8) is 0 Å². The molecule has 2 aromatic rings. The molecule has 1 aliphatic heterocycles. The minimum absolute atomic E-state index is 0.0491. The van der Waals surface area contributed by atoms with Gasteiger partial charge < -0.3 is 20.6 Å². The van der Waals surface area contributed by atoms with Crippen molar-refractivity contribution in [3.05, 3.63) is 47.2 Å². The highest BCUT2D eigenvalue weighted by Gasteiger charge is 2.51. The van der Waals surface area contributed by atoms with Crippen LogP contribution in [0.4, 0.5) is 10.6 Å². The maximum absolute atomic E-state index is 13.6. The molecule has 36 heavy (non-hydrogen) atoms. The number of aromatic nitrogens is 2. The van der Waals surface area contributed by atoms with E-state index >= 15 is 0 Å². The molecule has 4 N–H and O–H groups in total. The number of aliphatic hydroxyl groups is 1. The molecule has 2 heterocycles. The van der Waals surface area contributed by atoms with E-state index in [1.165, 1.54) is 0 Å². The van der Waals surface area contributed by atoms with Gasteiger partial charge in [-0.15, -0.1) is 0 Å². The Morgan fingerprint density at radius 1 is 1.14 bits per heavy atom. The van der Waals surface area contributed by atoms with Crippen LogP contribution >= 0.6 is 10.0 Å². The number of fused-ring (bicyclic) bond motifs is 1. The quantitative estimate of drug-likeness (QED) is 0.440. The van der Waals surface area contributed by atoms with Crippen molar-refractivity contribution in [3.8, 4) is 0 Å². The third-order valence-electron chi connectivity index (χ3n) is 8.61. The van der Waals surface area contributed by atoms with E-state index in [4.69, 9.17) is 0 Å². The van der Waals surface area contributed by atoms with E-state index in [-0.39, 0.29) is 22.7 Å². The summed E-state index contributed by atoms with van der Waals surface area (Å²) in [7, 11) is -1.09. The number of nitrogens with one attached hydrogen (secondary N) is 3. The number of amides is 3. The lowest BCUT2D eigenvalue weighted by Gasteiger charge is -2.53. The van der Waals surface area contributed by atoms with Crippen molar-refractivity contribution >= 4 is 27.8 Å². The van der Waals surface area contributed by atoms with Gasteiger partial charge in [0.2, 0.25) is 5.91 Å². The molecule has 2 saturated carbocycles. The van der Waals surface area contributed by atoms with Gasteiger partial charge in [0.05, 0.1) is 34.2 Å². The van der Waals surface area contributed by atoms with Crippen LogP contribution in [0.5, 0.6) is 0 Å². The average molecular weight is 514 g/mol. The van der Waals surface area contributed by atoms with Crippen LogP contribution < -0.4 is 10.6 Å². The van der Waals surface area contributed by atoms with Crippen molar-refractivity contribution in [2.45, 2.75) is 80.8 Å². The minimum Gasteiger partial charge on any atom is -0.390 e. The first-order valence-electron chi connectivity index (χ1n) is 12.8. The maximum atomic E-state index is 13.6. The van der Waals surface area contributed by atoms with Crippen LogP contribution in [0, 0.1) is 0 Å². The van der Waals surface area contributed by atoms with Gasteiger partial charge in [-0.2, -0.15) is 5.10 Å². The maximum Gasteiger partial charge on any atom is 0.318 e. The molecule has 3 aliphatic rings. The predicted octanol–water partition coefficient (Wildman–Crippen LogP) is 4.38. The smallest absolute Gasteiger partial charge is 0.318 e. The average Bonchev–Trinajstić information content (AvgIpc) is 3.24. The number of hydrogen-bond donors (Lipinski definition) is 4. The first-order valence-corrected chi connectivity index (χ1v) is 15.6. The van der Waals surface area contributed by atoms with Gasteiger partial charge in [0, 0.05) is 12.0 Å². The van der Waals surface area contributed by atoms with Crippen molar-refractivity contribution in [1.29, 1.82) is 0 Å². The third-order valence-corrected chi connectivity index (χ3v) is 11.5. The van der Waals surface area contributed by atoms with Crippen LogP contribution in [0.25, 0.3) is 0 Å². The van der Waals surface area contributed by atoms with Crippen molar-refractivity contribution in [2.75, 3.05) is 24.1 Å².